The average Bonchev–Trinajstić information content (AvgIpc) is 2.89. The summed E-state index contributed by atoms with van der Waals surface area (Å²) >= 11 is 6.56. The van der Waals surface area contributed by atoms with Gasteiger partial charge in [-0.15, -0.1) is 11.6 Å². The second kappa shape index (κ2) is 6.47. The summed E-state index contributed by atoms with van der Waals surface area (Å²) in [5.41, 5.74) is 2.40. The van der Waals surface area contributed by atoms with Crippen molar-refractivity contribution < 1.29 is 4.74 Å². The normalized spacial score (nSPS) is 17.9. The molecule has 1 unspecified atom stereocenters. The lowest BCUT2D eigenvalue weighted by Gasteiger charge is -2.16. The van der Waals surface area contributed by atoms with Crippen molar-refractivity contribution in [2.24, 2.45) is 5.92 Å². The van der Waals surface area contributed by atoms with Crippen LogP contribution in [0.1, 0.15) is 55.0 Å². The molecule has 2 heteroatoms. The first kappa shape index (κ1) is 13.7. The first-order valence-corrected chi connectivity index (χ1v) is 7.43. The molecule has 1 atom stereocenters. The van der Waals surface area contributed by atoms with Crippen LogP contribution >= 0.6 is 11.6 Å². The smallest absolute Gasteiger partial charge is 0.123 e. The van der Waals surface area contributed by atoms with Crippen molar-refractivity contribution in [3.05, 3.63) is 29.3 Å². The van der Waals surface area contributed by atoms with Gasteiger partial charge in [-0.05, 0) is 31.7 Å². The monoisotopic (exact) mass is 266 g/mol. The van der Waals surface area contributed by atoms with Gasteiger partial charge >= 0.3 is 0 Å². The third-order valence-corrected chi connectivity index (χ3v) is 4.48. The van der Waals surface area contributed by atoms with E-state index in [-0.39, 0.29) is 5.38 Å². The molecule has 0 saturated heterocycles. The number of methoxy groups -OCH3 is 1. The Kier molecular flexibility index (Phi) is 4.94. The van der Waals surface area contributed by atoms with Crippen molar-refractivity contribution in [3.8, 4) is 5.75 Å². The quantitative estimate of drug-likeness (QED) is 0.661. The molecule has 0 radical (unpaired) electrons. The fourth-order valence-corrected chi connectivity index (χ4v) is 3.23. The van der Waals surface area contributed by atoms with Gasteiger partial charge in [0.2, 0.25) is 0 Å². The number of aryl methyl sites for hydroxylation is 1. The van der Waals surface area contributed by atoms with Crippen LogP contribution in [0.15, 0.2) is 18.2 Å². The van der Waals surface area contributed by atoms with E-state index >= 15 is 0 Å². The average molecular weight is 267 g/mol. The van der Waals surface area contributed by atoms with Gasteiger partial charge in [-0.25, -0.2) is 0 Å². The largest absolute Gasteiger partial charge is 0.496 e. The topological polar surface area (TPSA) is 9.23 Å². The van der Waals surface area contributed by atoms with Crippen molar-refractivity contribution in [2.45, 2.75) is 50.8 Å². The minimum absolute atomic E-state index is 0.0837. The van der Waals surface area contributed by atoms with E-state index < -0.39 is 0 Å². The SMILES string of the molecule is COc1ccc(C)cc1C(Cl)CCC1CCCC1. The molecule has 0 heterocycles. The summed E-state index contributed by atoms with van der Waals surface area (Å²) < 4.78 is 5.41. The maximum absolute atomic E-state index is 6.56. The molecule has 1 aromatic rings. The van der Waals surface area contributed by atoms with Gasteiger partial charge in [0.05, 0.1) is 12.5 Å². The maximum atomic E-state index is 6.56. The van der Waals surface area contributed by atoms with E-state index in [1.54, 1.807) is 7.11 Å². The summed E-state index contributed by atoms with van der Waals surface area (Å²) in [4.78, 5) is 0. The lowest BCUT2D eigenvalue weighted by atomic mass is 9.97. The van der Waals surface area contributed by atoms with E-state index in [0.29, 0.717) is 0 Å². The van der Waals surface area contributed by atoms with E-state index in [1.165, 1.54) is 37.7 Å². The van der Waals surface area contributed by atoms with Crippen LogP contribution in [0.25, 0.3) is 0 Å². The van der Waals surface area contributed by atoms with E-state index in [2.05, 4.69) is 19.1 Å². The van der Waals surface area contributed by atoms with E-state index in [1.807, 2.05) is 6.07 Å². The number of alkyl halides is 1. The van der Waals surface area contributed by atoms with Crippen LogP contribution in [0.3, 0.4) is 0 Å². The summed E-state index contributed by atoms with van der Waals surface area (Å²) in [5.74, 6) is 1.83. The number of rotatable bonds is 5. The fourth-order valence-electron chi connectivity index (χ4n) is 2.94. The first-order valence-electron chi connectivity index (χ1n) is 6.99. The molecule has 0 aliphatic heterocycles. The summed E-state index contributed by atoms with van der Waals surface area (Å²) in [5, 5.41) is 0.0837. The Hall–Kier alpha value is -0.690. The lowest BCUT2D eigenvalue weighted by molar-refractivity contribution is 0.405. The van der Waals surface area contributed by atoms with Crippen LogP contribution in [0.5, 0.6) is 5.75 Å². The molecule has 1 aromatic carbocycles. The molecule has 1 nitrogen and oxygen atoms in total. The van der Waals surface area contributed by atoms with Crippen molar-refractivity contribution >= 4 is 11.6 Å². The molecule has 1 aliphatic rings. The van der Waals surface area contributed by atoms with Crippen molar-refractivity contribution in [3.63, 3.8) is 0 Å². The molecule has 100 valence electrons. The molecule has 1 fully saturated rings. The number of hydrogen-bond donors (Lipinski definition) is 0. The highest BCUT2D eigenvalue weighted by molar-refractivity contribution is 6.21. The second-order valence-electron chi connectivity index (χ2n) is 5.44. The Morgan fingerprint density at radius 3 is 2.72 bits per heavy atom. The molecule has 0 amide bonds. The van der Waals surface area contributed by atoms with Crippen molar-refractivity contribution in [1.29, 1.82) is 0 Å². The van der Waals surface area contributed by atoms with Crippen LogP contribution in [0.2, 0.25) is 0 Å². The molecule has 0 aromatic heterocycles. The molecule has 1 saturated carbocycles. The zero-order valence-electron chi connectivity index (χ0n) is 11.4. The highest BCUT2D eigenvalue weighted by Crippen LogP contribution is 2.37. The molecule has 2 rings (SSSR count). The predicted molar refractivity (Wildman–Crippen MR) is 77.5 cm³/mol. The predicted octanol–water partition coefficient (Wildman–Crippen LogP) is 5.25. The summed E-state index contributed by atoms with van der Waals surface area (Å²) in [7, 11) is 1.72. The molecular formula is C16H23ClO. The number of benzene rings is 1. The zero-order chi connectivity index (χ0) is 13.0. The number of ether oxygens (including phenoxy) is 1. The highest BCUT2D eigenvalue weighted by atomic mass is 35.5. The van der Waals surface area contributed by atoms with Gasteiger partial charge in [-0.2, -0.15) is 0 Å². The number of halogens is 1. The van der Waals surface area contributed by atoms with Gasteiger partial charge in [0.1, 0.15) is 5.75 Å². The lowest BCUT2D eigenvalue weighted by Crippen LogP contribution is -2.00. The van der Waals surface area contributed by atoms with Gasteiger partial charge in [0, 0.05) is 5.56 Å². The molecule has 0 spiro atoms. The van der Waals surface area contributed by atoms with Crippen LogP contribution in [-0.4, -0.2) is 7.11 Å². The van der Waals surface area contributed by atoms with Gasteiger partial charge in [0.15, 0.2) is 0 Å². The molecule has 0 bridgehead atoms. The Labute approximate surface area is 115 Å². The standard InChI is InChI=1S/C16H23ClO/c1-12-7-10-16(18-2)14(11-12)15(17)9-8-13-5-3-4-6-13/h7,10-11,13,15H,3-6,8-9H2,1-2H3. The molecule has 18 heavy (non-hydrogen) atoms. The van der Waals surface area contributed by atoms with Crippen LogP contribution < -0.4 is 4.74 Å². The highest BCUT2D eigenvalue weighted by Gasteiger charge is 2.19. The maximum Gasteiger partial charge on any atom is 0.123 e. The van der Waals surface area contributed by atoms with E-state index in [9.17, 15) is 0 Å². The molecule has 0 N–H and O–H groups in total. The van der Waals surface area contributed by atoms with Gasteiger partial charge in [-0.3, -0.25) is 0 Å². The van der Waals surface area contributed by atoms with E-state index in [4.69, 9.17) is 16.3 Å². The summed E-state index contributed by atoms with van der Waals surface area (Å²) in [6, 6.07) is 6.25. The van der Waals surface area contributed by atoms with Crippen molar-refractivity contribution in [2.75, 3.05) is 7.11 Å². The Morgan fingerprint density at radius 1 is 1.33 bits per heavy atom. The van der Waals surface area contributed by atoms with Crippen LogP contribution in [0.4, 0.5) is 0 Å². The van der Waals surface area contributed by atoms with Gasteiger partial charge < -0.3 is 4.74 Å². The Morgan fingerprint density at radius 2 is 2.06 bits per heavy atom. The Bertz CT molecular complexity index is 383. The third kappa shape index (κ3) is 3.41. The summed E-state index contributed by atoms with van der Waals surface area (Å²) in [6.07, 6.45) is 7.93. The van der Waals surface area contributed by atoms with Crippen molar-refractivity contribution in [1.82, 2.24) is 0 Å². The third-order valence-electron chi connectivity index (χ3n) is 4.03. The first-order chi connectivity index (χ1) is 8.70. The zero-order valence-corrected chi connectivity index (χ0v) is 12.2. The fraction of sp³-hybridized carbons (Fsp3) is 0.625. The Balaban J connectivity index is 1.98. The summed E-state index contributed by atoms with van der Waals surface area (Å²) in [6.45, 7) is 2.10. The molecular weight excluding hydrogens is 244 g/mol. The minimum Gasteiger partial charge on any atom is -0.496 e. The van der Waals surface area contributed by atoms with Crippen LogP contribution in [0, 0.1) is 12.8 Å². The minimum atomic E-state index is 0.0837. The molecule has 1 aliphatic carbocycles. The van der Waals surface area contributed by atoms with E-state index in [0.717, 1.165) is 23.7 Å². The second-order valence-corrected chi connectivity index (χ2v) is 5.97. The van der Waals surface area contributed by atoms with Gasteiger partial charge in [0.25, 0.3) is 0 Å². The van der Waals surface area contributed by atoms with Crippen LogP contribution in [-0.2, 0) is 0 Å². The number of hydrogen-bond acceptors (Lipinski definition) is 1. The van der Waals surface area contributed by atoms with Gasteiger partial charge in [-0.1, -0.05) is 43.4 Å².